The van der Waals surface area contributed by atoms with Crippen LogP contribution in [0.5, 0.6) is 5.88 Å². The van der Waals surface area contributed by atoms with Crippen LogP contribution in [0.1, 0.15) is 23.2 Å². The van der Waals surface area contributed by atoms with Gasteiger partial charge in [-0.25, -0.2) is 18.7 Å². The van der Waals surface area contributed by atoms with Crippen molar-refractivity contribution in [2.45, 2.75) is 18.9 Å². The molecule has 0 atom stereocenters. The Bertz CT molecular complexity index is 764. The standard InChI is InChI=1S/C17H18F2N4O2/c1-25-16-15(20-6-7-21-16)22-12-4-8-23(9-5-12)17(24)11-2-3-13(18)14(19)10-11/h2-3,6-7,10,12H,4-5,8-9H2,1H3,(H,20,22). The number of methoxy groups -OCH3 is 1. The average molecular weight is 348 g/mol. The minimum absolute atomic E-state index is 0.125. The fraction of sp³-hybridized carbons (Fsp3) is 0.353. The summed E-state index contributed by atoms with van der Waals surface area (Å²) in [5.74, 6) is -1.29. The highest BCUT2D eigenvalue weighted by Gasteiger charge is 2.25. The van der Waals surface area contributed by atoms with Crippen LogP contribution in [0.25, 0.3) is 0 Å². The topological polar surface area (TPSA) is 67.4 Å². The second-order valence-corrected chi connectivity index (χ2v) is 5.75. The first-order valence-electron chi connectivity index (χ1n) is 7.94. The molecule has 0 radical (unpaired) electrons. The van der Waals surface area contributed by atoms with Gasteiger partial charge in [0.25, 0.3) is 11.8 Å². The average Bonchev–Trinajstić information content (AvgIpc) is 2.64. The Morgan fingerprint density at radius 3 is 2.60 bits per heavy atom. The van der Waals surface area contributed by atoms with E-state index in [0.29, 0.717) is 37.6 Å². The van der Waals surface area contributed by atoms with Crippen LogP contribution in [0.15, 0.2) is 30.6 Å². The first-order valence-corrected chi connectivity index (χ1v) is 7.94. The molecular weight excluding hydrogens is 330 g/mol. The van der Waals surface area contributed by atoms with Gasteiger partial charge in [0.15, 0.2) is 17.5 Å². The number of benzene rings is 1. The molecule has 0 spiro atoms. The van der Waals surface area contributed by atoms with Crippen LogP contribution in [-0.4, -0.2) is 47.0 Å². The number of nitrogens with one attached hydrogen (secondary N) is 1. The van der Waals surface area contributed by atoms with E-state index in [2.05, 4.69) is 15.3 Å². The van der Waals surface area contributed by atoms with Crippen LogP contribution < -0.4 is 10.1 Å². The third kappa shape index (κ3) is 3.84. The molecule has 1 aromatic carbocycles. The van der Waals surface area contributed by atoms with Crippen molar-refractivity contribution < 1.29 is 18.3 Å². The number of ether oxygens (including phenoxy) is 1. The van der Waals surface area contributed by atoms with Crippen LogP contribution in [0.3, 0.4) is 0 Å². The van der Waals surface area contributed by atoms with Gasteiger partial charge in [0.05, 0.1) is 7.11 Å². The summed E-state index contributed by atoms with van der Waals surface area (Å²) < 4.78 is 31.5. The zero-order valence-electron chi connectivity index (χ0n) is 13.7. The molecule has 0 aliphatic carbocycles. The number of nitrogens with zero attached hydrogens (tertiary/aromatic N) is 3. The van der Waals surface area contributed by atoms with Crippen molar-refractivity contribution in [1.29, 1.82) is 0 Å². The van der Waals surface area contributed by atoms with Gasteiger partial charge in [0.2, 0.25) is 0 Å². The van der Waals surface area contributed by atoms with E-state index >= 15 is 0 Å². The van der Waals surface area contributed by atoms with Gasteiger partial charge in [-0.15, -0.1) is 0 Å². The Kier molecular flexibility index (Phi) is 5.06. The highest BCUT2D eigenvalue weighted by Crippen LogP contribution is 2.22. The number of likely N-dealkylation sites (tertiary alicyclic amines) is 1. The number of amides is 1. The van der Waals surface area contributed by atoms with Gasteiger partial charge in [-0.05, 0) is 31.0 Å². The minimum atomic E-state index is -1.02. The normalized spacial score (nSPS) is 15.1. The molecule has 3 rings (SSSR count). The number of hydrogen-bond donors (Lipinski definition) is 1. The smallest absolute Gasteiger partial charge is 0.257 e. The Hall–Kier alpha value is -2.77. The quantitative estimate of drug-likeness (QED) is 0.919. The lowest BCUT2D eigenvalue weighted by atomic mass is 10.0. The van der Waals surface area contributed by atoms with E-state index in [-0.39, 0.29) is 17.5 Å². The Morgan fingerprint density at radius 1 is 1.20 bits per heavy atom. The Labute approximate surface area is 143 Å². The molecule has 1 aromatic heterocycles. The van der Waals surface area contributed by atoms with E-state index in [0.717, 1.165) is 12.1 Å². The molecule has 0 saturated carbocycles. The van der Waals surface area contributed by atoms with Crippen molar-refractivity contribution in [2.24, 2.45) is 0 Å². The highest BCUT2D eigenvalue weighted by molar-refractivity contribution is 5.94. The summed E-state index contributed by atoms with van der Waals surface area (Å²) in [4.78, 5) is 22.3. The molecule has 6 nitrogen and oxygen atoms in total. The van der Waals surface area contributed by atoms with E-state index in [1.807, 2.05) is 0 Å². The van der Waals surface area contributed by atoms with E-state index < -0.39 is 11.6 Å². The van der Waals surface area contributed by atoms with Crippen molar-refractivity contribution in [3.8, 4) is 5.88 Å². The summed E-state index contributed by atoms with van der Waals surface area (Å²) in [7, 11) is 1.53. The maximum Gasteiger partial charge on any atom is 0.257 e. The van der Waals surface area contributed by atoms with Crippen LogP contribution in [0.2, 0.25) is 0 Å². The van der Waals surface area contributed by atoms with Crippen molar-refractivity contribution in [2.75, 3.05) is 25.5 Å². The van der Waals surface area contributed by atoms with E-state index in [1.165, 1.54) is 13.2 Å². The van der Waals surface area contributed by atoms with Gasteiger partial charge < -0.3 is 15.0 Å². The molecule has 1 N–H and O–H groups in total. The molecule has 25 heavy (non-hydrogen) atoms. The fourth-order valence-electron chi connectivity index (χ4n) is 2.81. The number of hydrogen-bond acceptors (Lipinski definition) is 5. The lowest BCUT2D eigenvalue weighted by Crippen LogP contribution is -2.42. The van der Waals surface area contributed by atoms with Gasteiger partial charge in [0.1, 0.15) is 0 Å². The molecule has 2 aromatic rings. The predicted molar refractivity (Wildman–Crippen MR) is 87.5 cm³/mol. The first kappa shape index (κ1) is 17.1. The molecule has 0 unspecified atom stereocenters. The van der Waals surface area contributed by atoms with Gasteiger partial charge in [-0.1, -0.05) is 0 Å². The third-order valence-electron chi connectivity index (χ3n) is 4.15. The molecule has 0 bridgehead atoms. The minimum Gasteiger partial charge on any atom is -0.478 e. The number of piperidine rings is 1. The van der Waals surface area contributed by atoms with Crippen LogP contribution >= 0.6 is 0 Å². The Morgan fingerprint density at radius 2 is 1.92 bits per heavy atom. The highest BCUT2D eigenvalue weighted by atomic mass is 19.2. The molecule has 132 valence electrons. The molecule has 1 saturated heterocycles. The number of aromatic nitrogens is 2. The number of rotatable bonds is 4. The summed E-state index contributed by atoms with van der Waals surface area (Å²) in [6.45, 7) is 1.02. The predicted octanol–water partition coefficient (Wildman–Crippen LogP) is 2.48. The largest absolute Gasteiger partial charge is 0.478 e. The molecule has 2 heterocycles. The second kappa shape index (κ2) is 7.42. The Balaban J connectivity index is 1.59. The van der Waals surface area contributed by atoms with Crippen molar-refractivity contribution in [1.82, 2.24) is 14.9 Å². The van der Waals surface area contributed by atoms with Gasteiger partial charge >= 0.3 is 0 Å². The summed E-state index contributed by atoms with van der Waals surface area (Å²) in [6.07, 6.45) is 4.53. The van der Waals surface area contributed by atoms with Crippen LogP contribution in [-0.2, 0) is 0 Å². The van der Waals surface area contributed by atoms with Crippen molar-refractivity contribution in [3.05, 3.63) is 47.8 Å². The van der Waals surface area contributed by atoms with Crippen molar-refractivity contribution >= 4 is 11.7 Å². The summed E-state index contributed by atoms with van der Waals surface area (Å²) in [5.41, 5.74) is 0.154. The zero-order chi connectivity index (χ0) is 17.8. The number of halogens is 2. The number of carbonyl (C=O) groups excluding carboxylic acids is 1. The van der Waals surface area contributed by atoms with Gasteiger partial charge in [-0.2, -0.15) is 0 Å². The lowest BCUT2D eigenvalue weighted by molar-refractivity contribution is 0.0717. The fourth-order valence-corrected chi connectivity index (χ4v) is 2.81. The number of carbonyl (C=O) groups is 1. The molecule has 1 fully saturated rings. The van der Waals surface area contributed by atoms with Crippen LogP contribution in [0, 0.1) is 11.6 Å². The maximum atomic E-state index is 13.3. The zero-order valence-corrected chi connectivity index (χ0v) is 13.7. The molecule has 8 heteroatoms. The van der Waals surface area contributed by atoms with E-state index in [9.17, 15) is 13.6 Å². The molecule has 1 amide bonds. The third-order valence-corrected chi connectivity index (χ3v) is 4.15. The van der Waals surface area contributed by atoms with Crippen molar-refractivity contribution in [3.63, 3.8) is 0 Å². The first-order chi connectivity index (χ1) is 12.1. The molecule has 1 aliphatic heterocycles. The van der Waals surface area contributed by atoms with E-state index in [4.69, 9.17) is 4.74 Å². The monoisotopic (exact) mass is 348 g/mol. The van der Waals surface area contributed by atoms with Gasteiger partial charge in [0, 0.05) is 37.1 Å². The van der Waals surface area contributed by atoms with Gasteiger partial charge in [-0.3, -0.25) is 4.79 Å². The summed E-state index contributed by atoms with van der Waals surface area (Å²) in [6, 6.07) is 3.33. The molecular formula is C17H18F2N4O2. The lowest BCUT2D eigenvalue weighted by Gasteiger charge is -2.32. The second-order valence-electron chi connectivity index (χ2n) is 5.75. The SMILES string of the molecule is COc1nccnc1NC1CCN(C(=O)c2ccc(F)c(F)c2)CC1. The molecule has 1 aliphatic rings. The summed E-state index contributed by atoms with van der Waals surface area (Å²) in [5, 5.41) is 3.27. The van der Waals surface area contributed by atoms with E-state index in [1.54, 1.807) is 17.3 Å². The maximum absolute atomic E-state index is 13.3. The van der Waals surface area contributed by atoms with Crippen LogP contribution in [0.4, 0.5) is 14.6 Å². The summed E-state index contributed by atoms with van der Waals surface area (Å²) >= 11 is 0. The number of anilines is 1.